The van der Waals surface area contributed by atoms with E-state index in [0.717, 1.165) is 0 Å². The standard InChI is InChI=1S/C27H37N5O7/c28-13-5-4-8-21(25(36)31-22(27(38)39)15-17-6-2-1-3-7-17)30-26(37)23(16-33)32-24(35)20(29)14-18-9-11-19(34)12-10-18/h1-3,6-7,9-12,20-23,33-34H,4-5,8,13-16,28-29H2,(H,30,37)(H,31,36)(H,32,35)(H,38,39). The molecule has 39 heavy (non-hydrogen) atoms. The Morgan fingerprint density at radius 2 is 1.31 bits per heavy atom. The van der Waals surface area contributed by atoms with Crippen LogP contribution in [0, 0.1) is 0 Å². The molecule has 2 aromatic carbocycles. The summed E-state index contributed by atoms with van der Waals surface area (Å²) in [5.74, 6) is -3.41. The van der Waals surface area contributed by atoms with E-state index in [9.17, 15) is 34.5 Å². The third-order valence-corrected chi connectivity index (χ3v) is 6.02. The number of aliphatic hydroxyl groups excluding tert-OH is 1. The fourth-order valence-corrected chi connectivity index (χ4v) is 3.81. The molecule has 212 valence electrons. The number of aromatic hydroxyl groups is 1. The molecule has 0 saturated heterocycles. The molecule has 0 aromatic heterocycles. The number of carboxylic acid groups (broad SMARTS) is 1. The zero-order valence-electron chi connectivity index (χ0n) is 21.6. The van der Waals surface area contributed by atoms with Crippen molar-refractivity contribution < 1.29 is 34.5 Å². The molecule has 0 heterocycles. The Hall–Kier alpha value is -4.00. The predicted octanol–water partition coefficient (Wildman–Crippen LogP) is -0.835. The highest BCUT2D eigenvalue weighted by atomic mass is 16.4. The summed E-state index contributed by atoms with van der Waals surface area (Å²) in [6.45, 7) is -0.394. The third kappa shape index (κ3) is 10.7. The number of nitrogens with one attached hydrogen (secondary N) is 3. The second kappa shape index (κ2) is 16.1. The number of nitrogens with two attached hydrogens (primary N) is 2. The molecule has 2 aromatic rings. The monoisotopic (exact) mass is 543 g/mol. The number of hydrogen-bond donors (Lipinski definition) is 8. The van der Waals surface area contributed by atoms with E-state index in [2.05, 4.69) is 16.0 Å². The quantitative estimate of drug-likeness (QED) is 0.124. The minimum Gasteiger partial charge on any atom is -0.508 e. The summed E-state index contributed by atoms with van der Waals surface area (Å²) in [5, 5.41) is 36.1. The maximum absolute atomic E-state index is 13.0. The van der Waals surface area contributed by atoms with Gasteiger partial charge in [0.15, 0.2) is 0 Å². The average molecular weight is 544 g/mol. The molecule has 0 fully saturated rings. The van der Waals surface area contributed by atoms with Crippen molar-refractivity contribution in [1.82, 2.24) is 16.0 Å². The molecule has 4 atom stereocenters. The molecule has 10 N–H and O–H groups in total. The Kier molecular flexibility index (Phi) is 12.9. The molecule has 2 rings (SSSR count). The lowest BCUT2D eigenvalue weighted by Crippen LogP contribution is -2.58. The number of amides is 3. The number of benzene rings is 2. The number of phenolic OH excluding ortho intramolecular Hbond substituents is 1. The van der Waals surface area contributed by atoms with Gasteiger partial charge in [0, 0.05) is 6.42 Å². The maximum Gasteiger partial charge on any atom is 0.326 e. The first-order valence-corrected chi connectivity index (χ1v) is 12.7. The molecule has 0 aliphatic rings. The third-order valence-electron chi connectivity index (χ3n) is 6.02. The van der Waals surface area contributed by atoms with Crippen LogP contribution in [0.4, 0.5) is 0 Å². The van der Waals surface area contributed by atoms with Crippen LogP contribution in [0.5, 0.6) is 5.75 Å². The second-order valence-electron chi connectivity index (χ2n) is 9.16. The number of carbonyl (C=O) groups is 4. The van der Waals surface area contributed by atoms with E-state index in [4.69, 9.17) is 11.5 Å². The number of aliphatic carboxylic acids is 1. The minimum absolute atomic E-state index is 0.0413. The molecule has 0 bridgehead atoms. The van der Waals surface area contributed by atoms with E-state index in [1.165, 1.54) is 12.1 Å². The van der Waals surface area contributed by atoms with Crippen LogP contribution in [0.25, 0.3) is 0 Å². The van der Waals surface area contributed by atoms with Crippen molar-refractivity contribution in [2.24, 2.45) is 11.5 Å². The van der Waals surface area contributed by atoms with Crippen LogP contribution in [0.2, 0.25) is 0 Å². The van der Waals surface area contributed by atoms with E-state index in [1.54, 1.807) is 42.5 Å². The molecular weight excluding hydrogens is 506 g/mol. The smallest absolute Gasteiger partial charge is 0.326 e. The van der Waals surface area contributed by atoms with Crippen molar-refractivity contribution in [1.29, 1.82) is 0 Å². The minimum atomic E-state index is -1.40. The maximum atomic E-state index is 13.0. The van der Waals surface area contributed by atoms with Gasteiger partial charge in [-0.15, -0.1) is 0 Å². The lowest BCUT2D eigenvalue weighted by Gasteiger charge is -2.24. The predicted molar refractivity (Wildman–Crippen MR) is 143 cm³/mol. The lowest BCUT2D eigenvalue weighted by molar-refractivity contribution is -0.142. The molecule has 0 saturated carbocycles. The summed E-state index contributed by atoms with van der Waals surface area (Å²) in [6.07, 6.45) is 1.36. The topological polar surface area (TPSA) is 217 Å². The summed E-state index contributed by atoms with van der Waals surface area (Å²) in [4.78, 5) is 50.3. The van der Waals surface area contributed by atoms with E-state index in [-0.39, 0.29) is 25.0 Å². The Morgan fingerprint density at radius 1 is 0.744 bits per heavy atom. The zero-order valence-corrected chi connectivity index (χ0v) is 21.6. The first-order valence-electron chi connectivity index (χ1n) is 12.7. The van der Waals surface area contributed by atoms with Crippen molar-refractivity contribution in [2.75, 3.05) is 13.2 Å². The van der Waals surface area contributed by atoms with Gasteiger partial charge >= 0.3 is 5.97 Å². The van der Waals surface area contributed by atoms with Crippen molar-refractivity contribution >= 4 is 23.7 Å². The second-order valence-corrected chi connectivity index (χ2v) is 9.16. The van der Waals surface area contributed by atoms with Crippen LogP contribution in [0.3, 0.4) is 0 Å². The number of unbranched alkanes of at least 4 members (excludes halogenated alkanes) is 1. The van der Waals surface area contributed by atoms with Gasteiger partial charge in [-0.05, 0) is 55.5 Å². The molecule has 12 heteroatoms. The molecule has 4 unspecified atom stereocenters. The van der Waals surface area contributed by atoms with Crippen molar-refractivity contribution in [2.45, 2.75) is 56.3 Å². The summed E-state index contributed by atoms with van der Waals surface area (Å²) in [5.41, 5.74) is 12.9. The molecule has 0 radical (unpaired) electrons. The first kappa shape index (κ1) is 31.2. The summed E-state index contributed by atoms with van der Waals surface area (Å²) >= 11 is 0. The van der Waals surface area contributed by atoms with Gasteiger partial charge in [-0.2, -0.15) is 0 Å². The van der Waals surface area contributed by atoms with E-state index >= 15 is 0 Å². The SMILES string of the molecule is NCCCCC(NC(=O)C(CO)NC(=O)C(N)Cc1ccc(O)cc1)C(=O)NC(Cc1ccccc1)C(=O)O. The fraction of sp³-hybridized carbons (Fsp3) is 0.407. The van der Waals surface area contributed by atoms with E-state index < -0.39 is 54.5 Å². The average Bonchev–Trinajstić information content (AvgIpc) is 2.92. The number of carbonyl (C=O) groups excluding carboxylic acids is 3. The summed E-state index contributed by atoms with van der Waals surface area (Å²) in [7, 11) is 0. The number of aliphatic hydroxyl groups is 1. The molecule has 3 amide bonds. The largest absolute Gasteiger partial charge is 0.508 e. The summed E-state index contributed by atoms with van der Waals surface area (Å²) in [6, 6.07) is 10.1. The van der Waals surface area contributed by atoms with E-state index in [0.29, 0.717) is 30.5 Å². The van der Waals surface area contributed by atoms with Gasteiger partial charge in [-0.25, -0.2) is 4.79 Å². The van der Waals surface area contributed by atoms with Crippen LogP contribution in [0.1, 0.15) is 30.4 Å². The van der Waals surface area contributed by atoms with Crippen LogP contribution < -0.4 is 27.4 Å². The van der Waals surface area contributed by atoms with E-state index in [1.807, 2.05) is 0 Å². The fourth-order valence-electron chi connectivity index (χ4n) is 3.81. The first-order chi connectivity index (χ1) is 18.6. The van der Waals surface area contributed by atoms with Crippen LogP contribution in [-0.4, -0.2) is 76.3 Å². The van der Waals surface area contributed by atoms with Gasteiger partial charge in [0.25, 0.3) is 0 Å². The van der Waals surface area contributed by atoms with Crippen molar-refractivity contribution in [3.63, 3.8) is 0 Å². The van der Waals surface area contributed by atoms with Crippen molar-refractivity contribution in [3.05, 3.63) is 65.7 Å². The number of rotatable bonds is 16. The highest BCUT2D eigenvalue weighted by Crippen LogP contribution is 2.11. The van der Waals surface area contributed by atoms with Gasteiger partial charge in [0.05, 0.1) is 12.6 Å². The molecular formula is C27H37N5O7. The van der Waals surface area contributed by atoms with Crippen molar-refractivity contribution in [3.8, 4) is 5.75 Å². The van der Waals surface area contributed by atoms with Gasteiger partial charge in [0.1, 0.15) is 23.9 Å². The number of phenols is 1. The van der Waals surface area contributed by atoms with Gasteiger partial charge < -0.3 is 42.7 Å². The lowest BCUT2D eigenvalue weighted by atomic mass is 10.0. The Balaban J connectivity index is 2.04. The zero-order chi connectivity index (χ0) is 28.8. The molecule has 0 spiro atoms. The number of hydrogen-bond acceptors (Lipinski definition) is 8. The molecule has 0 aliphatic heterocycles. The van der Waals surface area contributed by atoms with Crippen LogP contribution in [-0.2, 0) is 32.0 Å². The Bertz CT molecular complexity index is 1080. The number of carboxylic acids is 1. The van der Waals surface area contributed by atoms with Gasteiger partial charge in [-0.3, -0.25) is 14.4 Å². The van der Waals surface area contributed by atoms with Gasteiger partial charge in [0.2, 0.25) is 17.7 Å². The Labute approximate surface area is 226 Å². The normalized spacial score (nSPS) is 13.9. The highest BCUT2D eigenvalue weighted by molar-refractivity contribution is 5.94. The van der Waals surface area contributed by atoms with Gasteiger partial charge in [-0.1, -0.05) is 42.5 Å². The Morgan fingerprint density at radius 3 is 1.90 bits per heavy atom. The van der Waals surface area contributed by atoms with Crippen LogP contribution >= 0.6 is 0 Å². The molecule has 12 nitrogen and oxygen atoms in total. The highest BCUT2D eigenvalue weighted by Gasteiger charge is 2.30. The molecule has 0 aliphatic carbocycles. The van der Waals surface area contributed by atoms with Crippen LogP contribution in [0.15, 0.2) is 54.6 Å². The summed E-state index contributed by atoms with van der Waals surface area (Å²) < 4.78 is 0.